The molecule has 0 aliphatic heterocycles. The summed E-state index contributed by atoms with van der Waals surface area (Å²) in [6, 6.07) is 1.70. The highest BCUT2D eigenvalue weighted by Crippen LogP contribution is 2.03. The largest absolute Gasteiger partial charge is 0.344 e. The van der Waals surface area contributed by atoms with Crippen LogP contribution in [0.5, 0.6) is 0 Å². The third-order valence-electron chi connectivity index (χ3n) is 2.34. The molecule has 8 heteroatoms. The predicted molar refractivity (Wildman–Crippen MR) is 67.0 cm³/mol. The third kappa shape index (κ3) is 2.15. The molecule has 0 spiro atoms. The van der Waals surface area contributed by atoms with Crippen molar-refractivity contribution in [2.24, 2.45) is 14.1 Å². The Morgan fingerprint density at radius 3 is 2.71 bits per heavy atom. The number of aryl methyl sites for hydroxylation is 2. The SMILES string of the molecule is Bc1cc(Nc2nn(C)c(=O)[nH]2)c(=O)n(C)c1. The molecule has 0 aliphatic rings. The molecule has 0 saturated carbocycles. The zero-order chi connectivity index (χ0) is 12.6. The van der Waals surface area contributed by atoms with Crippen LogP contribution < -0.4 is 22.0 Å². The highest BCUT2D eigenvalue weighted by Gasteiger charge is 2.06. The average Bonchev–Trinajstić information content (AvgIpc) is 2.54. The number of aromatic amines is 1. The van der Waals surface area contributed by atoms with E-state index in [2.05, 4.69) is 15.4 Å². The minimum atomic E-state index is -0.336. The molecular weight excluding hydrogens is 221 g/mol. The molecular formula is C9H12BN5O2. The molecule has 2 N–H and O–H groups in total. The molecule has 2 rings (SSSR count). The van der Waals surface area contributed by atoms with Crippen LogP contribution in [-0.2, 0) is 14.1 Å². The van der Waals surface area contributed by atoms with Gasteiger partial charge in [-0.05, 0) is 6.07 Å². The average molecular weight is 233 g/mol. The number of anilines is 2. The summed E-state index contributed by atoms with van der Waals surface area (Å²) >= 11 is 0. The van der Waals surface area contributed by atoms with Gasteiger partial charge < -0.3 is 9.88 Å². The molecule has 88 valence electrons. The number of H-pyrrole nitrogens is 1. The molecule has 0 atom stereocenters. The summed E-state index contributed by atoms with van der Waals surface area (Å²) in [7, 11) is 5.08. The second-order valence-corrected chi connectivity index (χ2v) is 3.87. The first-order chi connectivity index (χ1) is 7.97. The van der Waals surface area contributed by atoms with Gasteiger partial charge in [-0.1, -0.05) is 5.46 Å². The number of nitrogens with one attached hydrogen (secondary N) is 2. The second kappa shape index (κ2) is 3.97. The van der Waals surface area contributed by atoms with Gasteiger partial charge in [-0.3, -0.25) is 9.78 Å². The minimum Gasteiger partial charge on any atom is -0.320 e. The van der Waals surface area contributed by atoms with E-state index in [9.17, 15) is 9.59 Å². The van der Waals surface area contributed by atoms with Gasteiger partial charge in [-0.2, -0.15) is 0 Å². The lowest BCUT2D eigenvalue weighted by atomic mass is 9.98. The number of pyridine rings is 1. The lowest BCUT2D eigenvalue weighted by Crippen LogP contribution is -2.24. The van der Waals surface area contributed by atoms with Crippen LogP contribution in [0.1, 0.15) is 0 Å². The zero-order valence-electron chi connectivity index (χ0n) is 9.81. The Balaban J connectivity index is 2.43. The number of aromatic nitrogens is 4. The zero-order valence-corrected chi connectivity index (χ0v) is 9.81. The van der Waals surface area contributed by atoms with Crippen molar-refractivity contribution in [1.29, 1.82) is 0 Å². The van der Waals surface area contributed by atoms with Gasteiger partial charge in [-0.25, -0.2) is 9.48 Å². The molecule has 0 amide bonds. The molecule has 0 aliphatic carbocycles. The van der Waals surface area contributed by atoms with E-state index in [1.54, 1.807) is 19.3 Å². The van der Waals surface area contributed by atoms with Crippen molar-refractivity contribution in [2.45, 2.75) is 0 Å². The first-order valence-corrected chi connectivity index (χ1v) is 5.05. The van der Waals surface area contributed by atoms with Gasteiger partial charge in [0.25, 0.3) is 5.56 Å². The van der Waals surface area contributed by atoms with Gasteiger partial charge in [0, 0.05) is 20.3 Å². The standard InChI is InChI=1S/C9H12BN5O2/c1-14-4-5(10)3-6(7(14)16)11-8-12-9(17)15(2)13-8/h3-4H,10H2,1-2H3,(H2,11,12,13,17). The van der Waals surface area contributed by atoms with E-state index in [0.717, 1.165) is 10.1 Å². The van der Waals surface area contributed by atoms with Crippen molar-refractivity contribution < 1.29 is 0 Å². The molecule has 7 nitrogen and oxygen atoms in total. The Labute approximate surface area is 97.5 Å². The van der Waals surface area contributed by atoms with Crippen LogP contribution in [0.4, 0.5) is 11.6 Å². The molecule has 0 aromatic carbocycles. The summed E-state index contributed by atoms with van der Waals surface area (Å²) in [6.07, 6.45) is 1.73. The van der Waals surface area contributed by atoms with E-state index in [0.29, 0.717) is 5.69 Å². The monoisotopic (exact) mass is 233 g/mol. The fourth-order valence-corrected chi connectivity index (χ4v) is 1.56. The number of hydrogen-bond acceptors (Lipinski definition) is 4. The Bertz CT molecular complexity index is 669. The van der Waals surface area contributed by atoms with Crippen molar-refractivity contribution in [1.82, 2.24) is 19.3 Å². The molecule has 0 fully saturated rings. The van der Waals surface area contributed by atoms with Crippen LogP contribution >= 0.6 is 0 Å². The normalized spacial score (nSPS) is 10.5. The summed E-state index contributed by atoms with van der Waals surface area (Å²) in [5, 5.41) is 6.69. The number of rotatable bonds is 2. The molecule has 2 heterocycles. The molecule has 0 saturated heterocycles. The Morgan fingerprint density at radius 2 is 2.12 bits per heavy atom. The van der Waals surface area contributed by atoms with Gasteiger partial charge in [0.05, 0.1) is 0 Å². The summed E-state index contributed by atoms with van der Waals surface area (Å²) in [5.41, 5.74) is 0.800. The Hall–Kier alpha value is -2.25. The first-order valence-electron chi connectivity index (χ1n) is 5.05. The van der Waals surface area contributed by atoms with Crippen molar-refractivity contribution in [3.05, 3.63) is 33.1 Å². The lowest BCUT2D eigenvalue weighted by molar-refractivity contribution is 0.736. The lowest BCUT2D eigenvalue weighted by Gasteiger charge is -2.05. The quantitative estimate of drug-likeness (QED) is 0.577. The molecule has 2 aromatic heterocycles. The van der Waals surface area contributed by atoms with Crippen molar-refractivity contribution in [3.8, 4) is 0 Å². The molecule has 17 heavy (non-hydrogen) atoms. The first kappa shape index (κ1) is 11.2. The second-order valence-electron chi connectivity index (χ2n) is 3.87. The summed E-state index contributed by atoms with van der Waals surface area (Å²) in [4.78, 5) is 25.5. The van der Waals surface area contributed by atoms with E-state index >= 15 is 0 Å². The molecule has 0 unspecified atom stereocenters. The smallest absolute Gasteiger partial charge is 0.320 e. The van der Waals surface area contributed by atoms with Gasteiger partial charge in [0.1, 0.15) is 13.5 Å². The number of nitrogens with zero attached hydrogens (tertiary/aromatic N) is 3. The minimum absolute atomic E-state index is 0.179. The topological polar surface area (TPSA) is 84.7 Å². The summed E-state index contributed by atoms with van der Waals surface area (Å²) in [6.45, 7) is 0. The fraction of sp³-hybridized carbons (Fsp3) is 0.222. The number of hydrogen-bond donors (Lipinski definition) is 2. The maximum Gasteiger partial charge on any atom is 0.344 e. The Morgan fingerprint density at radius 1 is 1.41 bits per heavy atom. The van der Waals surface area contributed by atoms with Crippen LogP contribution in [-0.4, -0.2) is 27.2 Å². The third-order valence-corrected chi connectivity index (χ3v) is 2.34. The molecule has 2 aromatic rings. The van der Waals surface area contributed by atoms with E-state index in [1.165, 1.54) is 11.6 Å². The Kier molecular flexibility index (Phi) is 2.62. The van der Waals surface area contributed by atoms with Crippen LogP contribution in [0.25, 0.3) is 0 Å². The molecule has 0 bridgehead atoms. The maximum atomic E-state index is 11.8. The van der Waals surface area contributed by atoms with Gasteiger partial charge in [-0.15, -0.1) is 5.10 Å². The highest BCUT2D eigenvalue weighted by molar-refractivity contribution is 6.32. The summed E-state index contributed by atoms with van der Waals surface area (Å²) in [5.74, 6) is 0.250. The molecule has 0 radical (unpaired) electrons. The van der Waals surface area contributed by atoms with Crippen LogP contribution in [0.3, 0.4) is 0 Å². The van der Waals surface area contributed by atoms with Crippen LogP contribution in [0.2, 0.25) is 0 Å². The predicted octanol–water partition coefficient (Wildman–Crippen LogP) is -2.19. The van der Waals surface area contributed by atoms with Crippen molar-refractivity contribution in [3.63, 3.8) is 0 Å². The van der Waals surface area contributed by atoms with E-state index in [4.69, 9.17) is 0 Å². The van der Waals surface area contributed by atoms with Gasteiger partial charge in [0.15, 0.2) is 0 Å². The van der Waals surface area contributed by atoms with Crippen LogP contribution in [0, 0.1) is 0 Å². The highest BCUT2D eigenvalue weighted by atomic mass is 16.2. The summed E-state index contributed by atoms with van der Waals surface area (Å²) < 4.78 is 2.63. The fourth-order valence-electron chi connectivity index (χ4n) is 1.56. The van der Waals surface area contributed by atoms with Gasteiger partial charge >= 0.3 is 5.69 Å². The van der Waals surface area contributed by atoms with E-state index in [-0.39, 0.29) is 17.2 Å². The van der Waals surface area contributed by atoms with Crippen molar-refractivity contribution >= 4 is 24.9 Å². The van der Waals surface area contributed by atoms with Crippen molar-refractivity contribution in [2.75, 3.05) is 5.32 Å². The van der Waals surface area contributed by atoms with Crippen LogP contribution in [0.15, 0.2) is 21.9 Å². The van der Waals surface area contributed by atoms with Gasteiger partial charge in [0.2, 0.25) is 5.95 Å². The maximum absolute atomic E-state index is 11.8. The van der Waals surface area contributed by atoms with E-state index < -0.39 is 0 Å². The van der Waals surface area contributed by atoms with E-state index in [1.807, 2.05) is 7.85 Å².